The van der Waals surface area contributed by atoms with Gasteiger partial charge >= 0.3 is 0 Å². The minimum Gasteiger partial charge on any atom is -0.324 e. The van der Waals surface area contributed by atoms with Crippen LogP contribution in [0.25, 0.3) is 33.2 Å². The van der Waals surface area contributed by atoms with E-state index < -0.39 is 0 Å². The van der Waals surface area contributed by atoms with E-state index >= 15 is 0 Å². The summed E-state index contributed by atoms with van der Waals surface area (Å²) in [6, 6.07) is 12.8. The van der Waals surface area contributed by atoms with Gasteiger partial charge in [-0.1, -0.05) is 24.3 Å². The van der Waals surface area contributed by atoms with E-state index in [0.29, 0.717) is 5.52 Å². The zero-order valence-electron chi connectivity index (χ0n) is 12.1. The molecule has 2 aromatic carbocycles. The van der Waals surface area contributed by atoms with Crippen LogP contribution < -0.4 is 0 Å². The van der Waals surface area contributed by atoms with Crippen LogP contribution >= 0.6 is 0 Å². The summed E-state index contributed by atoms with van der Waals surface area (Å²) in [5.74, 6) is 0.559. The fourth-order valence-electron chi connectivity index (χ4n) is 2.92. The zero-order valence-corrected chi connectivity index (χ0v) is 12.1. The highest BCUT2D eigenvalue weighted by Gasteiger charge is 2.14. The summed E-state index contributed by atoms with van der Waals surface area (Å²) in [4.78, 5) is 8.97. The number of rotatable bonds is 2. The maximum atomic E-state index is 13.5. The molecule has 0 radical (unpaired) electrons. The average molecular weight is 291 g/mol. The predicted molar refractivity (Wildman–Crippen MR) is 86.1 cm³/mol. The lowest BCUT2D eigenvalue weighted by molar-refractivity contribution is 0.629. The Labute approximate surface area is 127 Å². The number of hydrogen-bond donors (Lipinski definition) is 0. The van der Waals surface area contributed by atoms with E-state index in [-0.39, 0.29) is 5.82 Å². The van der Waals surface area contributed by atoms with Gasteiger partial charge in [0.15, 0.2) is 0 Å². The molecule has 0 unspecified atom stereocenters. The van der Waals surface area contributed by atoms with Crippen molar-refractivity contribution in [3.8, 4) is 11.4 Å². The van der Waals surface area contributed by atoms with Crippen molar-refractivity contribution in [2.75, 3.05) is 0 Å². The first-order valence-corrected chi connectivity index (χ1v) is 7.27. The van der Waals surface area contributed by atoms with Gasteiger partial charge in [0.1, 0.15) is 11.6 Å². The van der Waals surface area contributed by atoms with Crippen molar-refractivity contribution in [3.05, 3.63) is 60.7 Å². The zero-order chi connectivity index (χ0) is 15.1. The van der Waals surface area contributed by atoms with Crippen LogP contribution in [0.5, 0.6) is 0 Å². The molecule has 2 aromatic heterocycles. The Kier molecular flexibility index (Phi) is 2.89. The normalized spacial score (nSPS) is 11.4. The number of aromatic nitrogens is 3. The van der Waals surface area contributed by atoms with Crippen LogP contribution in [0.15, 0.2) is 54.9 Å². The number of pyridine rings is 1. The Morgan fingerprint density at radius 1 is 1.09 bits per heavy atom. The average Bonchev–Trinajstić information content (AvgIpc) is 2.91. The summed E-state index contributed by atoms with van der Waals surface area (Å²) < 4.78 is 15.6. The number of imidazole rings is 1. The van der Waals surface area contributed by atoms with Crippen molar-refractivity contribution in [2.24, 2.45) is 0 Å². The van der Waals surface area contributed by atoms with Gasteiger partial charge in [-0.2, -0.15) is 0 Å². The summed E-state index contributed by atoms with van der Waals surface area (Å²) in [5.41, 5.74) is 2.58. The number of hydrogen-bond acceptors (Lipinski definition) is 2. The van der Waals surface area contributed by atoms with Crippen molar-refractivity contribution >= 4 is 21.8 Å². The second kappa shape index (κ2) is 4.91. The van der Waals surface area contributed by atoms with Crippen molar-refractivity contribution in [1.82, 2.24) is 14.5 Å². The van der Waals surface area contributed by atoms with Gasteiger partial charge in [-0.3, -0.25) is 4.98 Å². The Morgan fingerprint density at radius 2 is 1.95 bits per heavy atom. The quantitative estimate of drug-likeness (QED) is 0.547. The maximum absolute atomic E-state index is 13.5. The summed E-state index contributed by atoms with van der Waals surface area (Å²) in [6.45, 7) is 2.83. The lowest BCUT2D eigenvalue weighted by Gasteiger charge is -2.08. The topological polar surface area (TPSA) is 30.7 Å². The van der Waals surface area contributed by atoms with Crippen LogP contribution in [0, 0.1) is 5.82 Å². The van der Waals surface area contributed by atoms with Crippen LogP contribution in [0.4, 0.5) is 4.39 Å². The molecular formula is C18H14FN3. The van der Waals surface area contributed by atoms with Crippen molar-refractivity contribution in [3.63, 3.8) is 0 Å². The minimum atomic E-state index is -0.268. The first-order valence-electron chi connectivity index (χ1n) is 7.27. The largest absolute Gasteiger partial charge is 0.324 e. The van der Waals surface area contributed by atoms with Gasteiger partial charge in [0.25, 0.3) is 0 Å². The molecule has 0 amide bonds. The van der Waals surface area contributed by atoms with Crippen LogP contribution in [0.1, 0.15) is 6.92 Å². The molecule has 22 heavy (non-hydrogen) atoms. The van der Waals surface area contributed by atoms with E-state index in [0.717, 1.165) is 34.2 Å². The van der Waals surface area contributed by atoms with Crippen LogP contribution in [0.2, 0.25) is 0 Å². The highest BCUT2D eigenvalue weighted by molar-refractivity contribution is 5.96. The van der Waals surface area contributed by atoms with Gasteiger partial charge in [-0.15, -0.1) is 0 Å². The van der Waals surface area contributed by atoms with E-state index in [1.165, 1.54) is 12.1 Å². The third kappa shape index (κ3) is 1.88. The SMILES string of the molecule is CCn1c(-c2cncc3ccccc23)nc2cc(F)ccc21. The lowest BCUT2D eigenvalue weighted by Crippen LogP contribution is -1.98. The lowest BCUT2D eigenvalue weighted by atomic mass is 10.1. The predicted octanol–water partition coefficient (Wildman–Crippen LogP) is 4.41. The van der Waals surface area contributed by atoms with E-state index in [2.05, 4.69) is 27.5 Å². The van der Waals surface area contributed by atoms with Gasteiger partial charge < -0.3 is 4.57 Å². The number of benzene rings is 2. The third-order valence-corrected chi connectivity index (χ3v) is 3.94. The molecule has 0 saturated carbocycles. The Hall–Kier alpha value is -2.75. The molecule has 0 N–H and O–H groups in total. The summed E-state index contributed by atoms with van der Waals surface area (Å²) in [5, 5.41) is 2.17. The molecule has 0 saturated heterocycles. The molecule has 0 aliphatic heterocycles. The first kappa shape index (κ1) is 13.0. The Balaban J connectivity index is 2.08. The fraction of sp³-hybridized carbons (Fsp3) is 0.111. The van der Waals surface area contributed by atoms with Gasteiger partial charge in [0.05, 0.1) is 11.0 Å². The minimum absolute atomic E-state index is 0.268. The summed E-state index contributed by atoms with van der Waals surface area (Å²) in [6.07, 6.45) is 3.67. The molecule has 0 aliphatic rings. The van der Waals surface area contributed by atoms with E-state index in [1.807, 2.05) is 30.6 Å². The second-order valence-electron chi connectivity index (χ2n) is 5.22. The van der Waals surface area contributed by atoms with Crippen molar-refractivity contribution < 1.29 is 4.39 Å². The molecule has 0 spiro atoms. The van der Waals surface area contributed by atoms with Gasteiger partial charge in [0.2, 0.25) is 0 Å². The highest BCUT2D eigenvalue weighted by Crippen LogP contribution is 2.30. The maximum Gasteiger partial charge on any atom is 0.143 e. The van der Waals surface area contributed by atoms with Crippen molar-refractivity contribution in [1.29, 1.82) is 0 Å². The Morgan fingerprint density at radius 3 is 2.82 bits per heavy atom. The summed E-state index contributed by atoms with van der Waals surface area (Å²) >= 11 is 0. The number of nitrogens with zero attached hydrogens (tertiary/aromatic N) is 3. The molecular weight excluding hydrogens is 277 g/mol. The van der Waals surface area contributed by atoms with E-state index in [9.17, 15) is 4.39 Å². The van der Waals surface area contributed by atoms with E-state index in [1.54, 1.807) is 6.07 Å². The number of fused-ring (bicyclic) bond motifs is 2. The van der Waals surface area contributed by atoms with Gasteiger partial charge in [0, 0.05) is 36.0 Å². The molecule has 3 nitrogen and oxygen atoms in total. The van der Waals surface area contributed by atoms with E-state index in [4.69, 9.17) is 0 Å². The van der Waals surface area contributed by atoms with Gasteiger partial charge in [-0.25, -0.2) is 9.37 Å². The second-order valence-corrected chi connectivity index (χ2v) is 5.22. The summed E-state index contributed by atoms with van der Waals surface area (Å²) in [7, 11) is 0. The van der Waals surface area contributed by atoms with Crippen LogP contribution in [0.3, 0.4) is 0 Å². The van der Waals surface area contributed by atoms with Crippen LogP contribution in [-0.2, 0) is 6.54 Å². The number of aryl methyl sites for hydroxylation is 1. The van der Waals surface area contributed by atoms with Gasteiger partial charge in [-0.05, 0) is 24.4 Å². The van der Waals surface area contributed by atoms with Crippen molar-refractivity contribution in [2.45, 2.75) is 13.5 Å². The molecule has 4 rings (SSSR count). The highest BCUT2D eigenvalue weighted by atomic mass is 19.1. The molecule has 4 aromatic rings. The third-order valence-electron chi connectivity index (χ3n) is 3.94. The fourth-order valence-corrected chi connectivity index (χ4v) is 2.92. The smallest absolute Gasteiger partial charge is 0.143 e. The molecule has 0 bridgehead atoms. The monoisotopic (exact) mass is 291 g/mol. The molecule has 2 heterocycles. The van der Waals surface area contributed by atoms with Crippen LogP contribution in [-0.4, -0.2) is 14.5 Å². The molecule has 0 fully saturated rings. The first-order chi connectivity index (χ1) is 10.8. The Bertz CT molecular complexity index is 983. The number of halogens is 1. The molecule has 0 aliphatic carbocycles. The molecule has 4 heteroatoms. The molecule has 0 atom stereocenters. The standard InChI is InChI=1S/C18H14FN3/c1-2-22-17-8-7-13(19)9-16(17)21-18(22)15-11-20-10-12-5-3-4-6-14(12)15/h3-11H,2H2,1H3. The molecule has 108 valence electrons.